The minimum absolute atomic E-state index is 0.0872. The number of carbonyl (C=O) groups is 1. The molecule has 0 fully saturated rings. The summed E-state index contributed by atoms with van der Waals surface area (Å²) < 4.78 is 19.4. The van der Waals surface area contributed by atoms with E-state index in [-0.39, 0.29) is 5.56 Å². The van der Waals surface area contributed by atoms with Crippen LogP contribution in [0, 0.1) is 17.1 Å². The number of benzene rings is 2. The lowest BCUT2D eigenvalue weighted by Gasteiger charge is -2.11. The number of nitrogens with one attached hydrogen (secondary N) is 1. The zero-order chi connectivity index (χ0) is 15.4. The van der Waals surface area contributed by atoms with Crippen LogP contribution in [0.2, 0.25) is 0 Å². The topological polar surface area (TPSA) is 62.1 Å². The third kappa shape index (κ3) is 3.38. The molecule has 0 atom stereocenters. The van der Waals surface area contributed by atoms with Crippen molar-refractivity contribution in [3.8, 4) is 11.8 Å². The first kappa shape index (κ1) is 15.0. The van der Waals surface area contributed by atoms with Gasteiger partial charge in [-0.2, -0.15) is 5.26 Å². The Morgan fingerprint density at radius 2 is 2.10 bits per heavy atom. The van der Waals surface area contributed by atoms with E-state index < -0.39 is 11.7 Å². The lowest BCUT2D eigenvalue weighted by Crippen LogP contribution is -2.14. The Morgan fingerprint density at radius 3 is 2.76 bits per heavy atom. The number of hydrogen-bond acceptors (Lipinski definition) is 3. The summed E-state index contributed by atoms with van der Waals surface area (Å²) in [6, 6.07) is 10.6. The van der Waals surface area contributed by atoms with Crippen LogP contribution in [0.1, 0.15) is 15.9 Å². The SMILES string of the molecule is COc1cc(C#N)ccc1NC(=O)c1cc(Br)ccc1F. The fourth-order valence-electron chi connectivity index (χ4n) is 1.73. The van der Waals surface area contributed by atoms with Crippen molar-refractivity contribution < 1.29 is 13.9 Å². The smallest absolute Gasteiger partial charge is 0.258 e. The lowest BCUT2D eigenvalue weighted by molar-refractivity contribution is 0.102. The van der Waals surface area contributed by atoms with Crippen molar-refractivity contribution >= 4 is 27.5 Å². The molecule has 0 aliphatic carbocycles. The summed E-state index contributed by atoms with van der Waals surface area (Å²) >= 11 is 3.19. The van der Waals surface area contributed by atoms with Crippen LogP contribution < -0.4 is 10.1 Å². The first-order valence-electron chi connectivity index (χ1n) is 5.89. The molecule has 0 radical (unpaired) electrons. The van der Waals surface area contributed by atoms with Gasteiger partial charge >= 0.3 is 0 Å². The van der Waals surface area contributed by atoms with Crippen molar-refractivity contribution in [2.24, 2.45) is 0 Å². The molecule has 0 spiro atoms. The Kier molecular flexibility index (Phi) is 4.55. The first-order valence-corrected chi connectivity index (χ1v) is 6.69. The van der Waals surface area contributed by atoms with Crippen LogP contribution in [-0.4, -0.2) is 13.0 Å². The second kappa shape index (κ2) is 6.37. The van der Waals surface area contributed by atoms with Crippen LogP contribution in [-0.2, 0) is 0 Å². The average Bonchev–Trinajstić information content (AvgIpc) is 2.49. The summed E-state index contributed by atoms with van der Waals surface area (Å²) in [5.41, 5.74) is 0.676. The highest BCUT2D eigenvalue weighted by molar-refractivity contribution is 9.10. The zero-order valence-corrected chi connectivity index (χ0v) is 12.6. The van der Waals surface area contributed by atoms with Gasteiger partial charge in [0, 0.05) is 10.5 Å². The average molecular weight is 349 g/mol. The number of rotatable bonds is 3. The number of ether oxygens (including phenoxy) is 1. The normalized spacial score (nSPS) is 9.81. The molecule has 0 aliphatic rings. The van der Waals surface area contributed by atoms with Crippen molar-refractivity contribution in [2.45, 2.75) is 0 Å². The summed E-state index contributed by atoms with van der Waals surface area (Å²) in [4.78, 5) is 12.1. The van der Waals surface area contributed by atoms with Crippen molar-refractivity contribution in [1.29, 1.82) is 5.26 Å². The molecular weight excluding hydrogens is 339 g/mol. The predicted octanol–water partition coefficient (Wildman–Crippen LogP) is 3.72. The summed E-state index contributed by atoms with van der Waals surface area (Å²) in [5, 5.41) is 11.4. The number of nitriles is 1. The molecule has 0 bridgehead atoms. The van der Waals surface area contributed by atoms with Gasteiger partial charge in [-0.05, 0) is 30.3 Å². The monoisotopic (exact) mass is 348 g/mol. The minimum Gasteiger partial charge on any atom is -0.495 e. The number of methoxy groups -OCH3 is 1. The molecule has 0 heterocycles. The number of carbonyl (C=O) groups excluding carboxylic acids is 1. The fraction of sp³-hybridized carbons (Fsp3) is 0.0667. The van der Waals surface area contributed by atoms with Gasteiger partial charge in [-0.1, -0.05) is 15.9 Å². The van der Waals surface area contributed by atoms with Crippen molar-refractivity contribution in [2.75, 3.05) is 12.4 Å². The Bertz CT molecular complexity index is 741. The van der Waals surface area contributed by atoms with Gasteiger partial charge in [0.15, 0.2) is 0 Å². The van der Waals surface area contributed by atoms with Crippen LogP contribution >= 0.6 is 15.9 Å². The molecule has 1 amide bonds. The standard InChI is InChI=1S/C15H10BrFN2O2/c1-21-14-6-9(8-18)2-5-13(14)19-15(20)11-7-10(16)3-4-12(11)17/h2-7H,1H3,(H,19,20). The van der Waals surface area contributed by atoms with Crippen molar-refractivity contribution in [1.82, 2.24) is 0 Å². The zero-order valence-electron chi connectivity index (χ0n) is 11.0. The molecule has 106 valence electrons. The number of halogens is 2. The van der Waals surface area contributed by atoms with Gasteiger partial charge in [-0.3, -0.25) is 4.79 Å². The molecule has 0 unspecified atom stereocenters. The van der Waals surface area contributed by atoms with E-state index in [0.29, 0.717) is 21.5 Å². The lowest BCUT2D eigenvalue weighted by atomic mass is 10.1. The predicted molar refractivity (Wildman–Crippen MR) is 79.8 cm³/mol. The van der Waals surface area contributed by atoms with E-state index in [1.54, 1.807) is 0 Å². The first-order chi connectivity index (χ1) is 10.0. The molecule has 2 aromatic carbocycles. The number of hydrogen-bond donors (Lipinski definition) is 1. The number of amides is 1. The minimum atomic E-state index is -0.622. The van der Waals surface area contributed by atoms with Gasteiger partial charge in [0.25, 0.3) is 5.91 Å². The van der Waals surface area contributed by atoms with Gasteiger partial charge in [0.2, 0.25) is 0 Å². The molecule has 0 aromatic heterocycles. The molecule has 2 rings (SSSR count). The molecule has 2 aromatic rings. The van der Waals surface area contributed by atoms with E-state index in [1.165, 1.54) is 43.5 Å². The van der Waals surface area contributed by atoms with E-state index in [4.69, 9.17) is 10.00 Å². The highest BCUT2D eigenvalue weighted by atomic mass is 79.9. The summed E-state index contributed by atoms with van der Waals surface area (Å²) in [7, 11) is 1.42. The third-order valence-electron chi connectivity index (χ3n) is 2.75. The maximum absolute atomic E-state index is 13.7. The molecule has 0 aliphatic heterocycles. The van der Waals surface area contributed by atoms with Crippen LogP contribution in [0.3, 0.4) is 0 Å². The van der Waals surface area contributed by atoms with E-state index in [0.717, 1.165) is 0 Å². The number of anilines is 1. The number of nitrogens with zero attached hydrogens (tertiary/aromatic N) is 1. The van der Waals surface area contributed by atoms with Crippen LogP contribution in [0.4, 0.5) is 10.1 Å². The largest absolute Gasteiger partial charge is 0.495 e. The van der Waals surface area contributed by atoms with E-state index in [1.807, 2.05) is 6.07 Å². The van der Waals surface area contributed by atoms with Gasteiger partial charge in [0.05, 0.1) is 30.0 Å². The summed E-state index contributed by atoms with van der Waals surface area (Å²) in [6.45, 7) is 0. The van der Waals surface area contributed by atoms with Crippen molar-refractivity contribution in [3.63, 3.8) is 0 Å². The third-order valence-corrected chi connectivity index (χ3v) is 3.25. The molecule has 21 heavy (non-hydrogen) atoms. The van der Waals surface area contributed by atoms with Crippen LogP contribution in [0.15, 0.2) is 40.9 Å². The Hall–Kier alpha value is -2.39. The Labute approximate surface area is 129 Å². The van der Waals surface area contributed by atoms with E-state index in [2.05, 4.69) is 21.2 Å². The highest BCUT2D eigenvalue weighted by Gasteiger charge is 2.14. The molecule has 4 nitrogen and oxygen atoms in total. The Morgan fingerprint density at radius 1 is 1.33 bits per heavy atom. The second-order valence-corrected chi connectivity index (χ2v) is 5.02. The maximum Gasteiger partial charge on any atom is 0.258 e. The van der Waals surface area contributed by atoms with Crippen LogP contribution in [0.5, 0.6) is 5.75 Å². The molecule has 0 saturated heterocycles. The molecule has 6 heteroatoms. The second-order valence-electron chi connectivity index (χ2n) is 4.11. The maximum atomic E-state index is 13.7. The summed E-state index contributed by atoms with van der Waals surface area (Å²) in [6.07, 6.45) is 0. The van der Waals surface area contributed by atoms with E-state index in [9.17, 15) is 9.18 Å². The van der Waals surface area contributed by atoms with Crippen molar-refractivity contribution in [3.05, 3.63) is 57.8 Å². The van der Waals surface area contributed by atoms with Gasteiger partial charge in [-0.15, -0.1) is 0 Å². The van der Waals surface area contributed by atoms with E-state index >= 15 is 0 Å². The van der Waals surface area contributed by atoms with Crippen LogP contribution in [0.25, 0.3) is 0 Å². The highest BCUT2D eigenvalue weighted by Crippen LogP contribution is 2.26. The molecular formula is C15H10BrFN2O2. The van der Waals surface area contributed by atoms with Gasteiger partial charge in [0.1, 0.15) is 11.6 Å². The quantitative estimate of drug-likeness (QED) is 0.919. The molecule has 0 saturated carbocycles. The Balaban J connectivity index is 2.32. The summed E-state index contributed by atoms with van der Waals surface area (Å²) in [5.74, 6) is -0.891. The van der Waals surface area contributed by atoms with Gasteiger partial charge in [-0.25, -0.2) is 4.39 Å². The van der Waals surface area contributed by atoms with Gasteiger partial charge < -0.3 is 10.1 Å². The molecule has 1 N–H and O–H groups in total. The fourth-order valence-corrected chi connectivity index (χ4v) is 2.09.